The normalized spacial score (nSPS) is 12.5. The molecule has 0 aliphatic heterocycles. The Morgan fingerprint density at radius 2 is 2.00 bits per heavy atom. The van der Waals surface area contributed by atoms with Crippen molar-refractivity contribution in [2.45, 2.75) is 58.4 Å². The minimum atomic E-state index is -1.15. The maximum absolute atomic E-state index is 10.3. The molecule has 0 saturated carbocycles. The van der Waals surface area contributed by atoms with Gasteiger partial charge in [0.1, 0.15) is 17.4 Å². The lowest BCUT2D eigenvalue weighted by Crippen LogP contribution is -2.25. The second kappa shape index (κ2) is 8.63. The SMILES string of the molecule is CC(C)(O)Cn1cc(-c2cn(COCC[Si](C)(C)C)nc2C#N)c2cc(Br)ncc21. The molecule has 0 fully saturated rings. The molecule has 3 rings (SSSR count). The van der Waals surface area contributed by atoms with Gasteiger partial charge in [-0.15, -0.1) is 0 Å². The Kier molecular flexibility index (Phi) is 6.53. The molecule has 0 aliphatic carbocycles. The molecule has 0 bridgehead atoms. The highest BCUT2D eigenvalue weighted by molar-refractivity contribution is 9.10. The van der Waals surface area contributed by atoms with Crippen LogP contribution in [0, 0.1) is 11.3 Å². The third-order valence-corrected chi connectivity index (χ3v) is 6.81. The van der Waals surface area contributed by atoms with Gasteiger partial charge in [0.25, 0.3) is 0 Å². The van der Waals surface area contributed by atoms with Crippen LogP contribution in [-0.2, 0) is 18.0 Å². The molecule has 0 aromatic carbocycles. The molecule has 1 N–H and O–H groups in total. The van der Waals surface area contributed by atoms with E-state index in [4.69, 9.17) is 4.74 Å². The summed E-state index contributed by atoms with van der Waals surface area (Å²) in [6, 6.07) is 5.21. The molecular formula is C21H28BrN5O2Si. The summed E-state index contributed by atoms with van der Waals surface area (Å²) in [5.74, 6) is 0. The van der Waals surface area contributed by atoms with E-state index in [9.17, 15) is 10.4 Å². The van der Waals surface area contributed by atoms with Crippen LogP contribution < -0.4 is 0 Å². The molecule has 3 aromatic rings. The number of nitrogens with zero attached hydrogens (tertiary/aromatic N) is 5. The first kappa shape index (κ1) is 22.7. The summed E-state index contributed by atoms with van der Waals surface area (Å²) >= 11 is 3.44. The zero-order chi connectivity index (χ0) is 22.1. The molecule has 160 valence electrons. The fraction of sp³-hybridized carbons (Fsp3) is 0.476. The first-order valence-corrected chi connectivity index (χ1v) is 14.4. The van der Waals surface area contributed by atoms with Crippen molar-refractivity contribution in [3.8, 4) is 17.2 Å². The van der Waals surface area contributed by atoms with Crippen molar-refractivity contribution in [3.63, 3.8) is 0 Å². The van der Waals surface area contributed by atoms with Crippen LogP contribution in [0.1, 0.15) is 19.5 Å². The Labute approximate surface area is 186 Å². The molecule has 0 aliphatic rings. The number of nitriles is 1. The van der Waals surface area contributed by atoms with Crippen LogP contribution in [0.3, 0.4) is 0 Å². The first-order chi connectivity index (χ1) is 14.0. The molecule has 3 heterocycles. The lowest BCUT2D eigenvalue weighted by atomic mass is 10.1. The number of hydrogen-bond acceptors (Lipinski definition) is 5. The summed E-state index contributed by atoms with van der Waals surface area (Å²) in [6.45, 7) is 11.9. The van der Waals surface area contributed by atoms with Gasteiger partial charge < -0.3 is 14.4 Å². The summed E-state index contributed by atoms with van der Waals surface area (Å²) in [4.78, 5) is 4.33. The first-order valence-electron chi connectivity index (χ1n) is 9.89. The van der Waals surface area contributed by atoms with E-state index in [1.165, 1.54) is 0 Å². The van der Waals surface area contributed by atoms with E-state index in [1.54, 1.807) is 24.7 Å². The largest absolute Gasteiger partial charge is 0.389 e. The number of fused-ring (bicyclic) bond motifs is 1. The van der Waals surface area contributed by atoms with Gasteiger partial charge in [0.05, 0.1) is 23.9 Å². The van der Waals surface area contributed by atoms with Gasteiger partial charge >= 0.3 is 0 Å². The second-order valence-electron chi connectivity index (χ2n) is 9.40. The van der Waals surface area contributed by atoms with Gasteiger partial charge in [-0.1, -0.05) is 19.6 Å². The van der Waals surface area contributed by atoms with E-state index in [0.29, 0.717) is 30.2 Å². The van der Waals surface area contributed by atoms with E-state index in [0.717, 1.165) is 28.1 Å². The third-order valence-electron chi connectivity index (χ3n) is 4.67. The van der Waals surface area contributed by atoms with E-state index >= 15 is 0 Å². The zero-order valence-electron chi connectivity index (χ0n) is 18.1. The number of aromatic nitrogens is 4. The van der Waals surface area contributed by atoms with Gasteiger partial charge in [0.2, 0.25) is 0 Å². The lowest BCUT2D eigenvalue weighted by Gasteiger charge is -2.18. The van der Waals surface area contributed by atoms with Crippen LogP contribution in [0.5, 0.6) is 0 Å². The van der Waals surface area contributed by atoms with Crippen LogP contribution in [0.25, 0.3) is 22.0 Å². The molecule has 0 unspecified atom stereocenters. The maximum Gasteiger partial charge on any atom is 0.170 e. The minimum absolute atomic E-state index is 0.312. The van der Waals surface area contributed by atoms with Gasteiger partial charge in [-0.3, -0.25) is 0 Å². The van der Waals surface area contributed by atoms with Crippen LogP contribution in [0.4, 0.5) is 0 Å². The van der Waals surface area contributed by atoms with Crippen LogP contribution >= 0.6 is 15.9 Å². The van der Waals surface area contributed by atoms with E-state index in [-0.39, 0.29) is 0 Å². The molecule has 7 nitrogen and oxygen atoms in total. The third kappa shape index (κ3) is 5.58. The van der Waals surface area contributed by atoms with Gasteiger partial charge in [-0.05, 0) is 41.9 Å². The molecule has 9 heteroatoms. The molecule has 0 radical (unpaired) electrons. The highest BCUT2D eigenvalue weighted by Gasteiger charge is 2.21. The fourth-order valence-electron chi connectivity index (χ4n) is 3.23. The molecule has 0 saturated heterocycles. The molecule has 30 heavy (non-hydrogen) atoms. The van der Waals surface area contributed by atoms with Gasteiger partial charge in [0.15, 0.2) is 5.69 Å². The number of ether oxygens (including phenoxy) is 1. The average molecular weight is 490 g/mol. The average Bonchev–Trinajstić information content (AvgIpc) is 3.17. The van der Waals surface area contributed by atoms with Crippen molar-refractivity contribution in [2.24, 2.45) is 0 Å². The van der Waals surface area contributed by atoms with Crippen LogP contribution in [0.2, 0.25) is 25.7 Å². The number of pyridine rings is 1. The highest BCUT2D eigenvalue weighted by Crippen LogP contribution is 2.34. The molecule has 0 amide bonds. The predicted molar refractivity (Wildman–Crippen MR) is 124 cm³/mol. The topological polar surface area (TPSA) is 88.9 Å². The molecule has 0 atom stereocenters. The van der Waals surface area contributed by atoms with Crippen molar-refractivity contribution in [1.29, 1.82) is 5.26 Å². The smallest absolute Gasteiger partial charge is 0.170 e. The van der Waals surface area contributed by atoms with Gasteiger partial charge in [-0.25, -0.2) is 9.67 Å². The highest BCUT2D eigenvalue weighted by atomic mass is 79.9. The lowest BCUT2D eigenvalue weighted by molar-refractivity contribution is 0.0628. The van der Waals surface area contributed by atoms with Crippen molar-refractivity contribution < 1.29 is 9.84 Å². The number of aliphatic hydroxyl groups is 1. The summed E-state index contributed by atoms with van der Waals surface area (Å²) in [6.07, 6.45) is 5.57. The minimum Gasteiger partial charge on any atom is -0.389 e. The van der Waals surface area contributed by atoms with Crippen molar-refractivity contribution in [1.82, 2.24) is 19.3 Å². The standard InChI is InChI=1S/C21H28BrN5O2Si/c1-21(2,28)13-26-11-16(15-8-20(22)24-10-19(15)26)17-12-27(25-18(17)9-23)14-29-6-7-30(3,4)5/h8,10-12,28H,6-7,13-14H2,1-5H3. The number of hydrogen-bond donors (Lipinski definition) is 1. The monoisotopic (exact) mass is 489 g/mol. The Morgan fingerprint density at radius 3 is 2.63 bits per heavy atom. The summed E-state index contributed by atoms with van der Waals surface area (Å²) in [5, 5.41) is 25.3. The fourth-order valence-corrected chi connectivity index (χ4v) is 4.32. The summed E-state index contributed by atoms with van der Waals surface area (Å²) < 4.78 is 10.1. The van der Waals surface area contributed by atoms with Crippen molar-refractivity contribution >= 4 is 34.9 Å². The van der Waals surface area contributed by atoms with Crippen molar-refractivity contribution in [2.75, 3.05) is 6.61 Å². The number of rotatable bonds is 8. The molecular weight excluding hydrogens is 462 g/mol. The summed E-state index contributed by atoms with van der Waals surface area (Å²) in [7, 11) is -1.15. The van der Waals surface area contributed by atoms with Gasteiger partial charge in [0, 0.05) is 43.6 Å². The Morgan fingerprint density at radius 1 is 1.27 bits per heavy atom. The van der Waals surface area contributed by atoms with Crippen molar-refractivity contribution in [3.05, 3.63) is 35.0 Å². The quantitative estimate of drug-likeness (QED) is 0.283. The Hall–Kier alpha value is -1.99. The molecule has 3 aromatic heterocycles. The van der Waals surface area contributed by atoms with E-state index in [2.05, 4.69) is 51.7 Å². The summed E-state index contributed by atoms with van der Waals surface area (Å²) in [5.41, 5.74) is 1.96. The van der Waals surface area contributed by atoms with Crippen LogP contribution in [0.15, 0.2) is 29.3 Å². The molecule has 0 spiro atoms. The number of halogens is 1. The predicted octanol–water partition coefficient (Wildman–Crippen LogP) is 4.62. The zero-order valence-corrected chi connectivity index (χ0v) is 20.7. The maximum atomic E-state index is 10.3. The van der Waals surface area contributed by atoms with Gasteiger partial charge in [-0.2, -0.15) is 10.4 Å². The van der Waals surface area contributed by atoms with E-state index < -0.39 is 13.7 Å². The van der Waals surface area contributed by atoms with E-state index in [1.807, 2.05) is 23.0 Å². The second-order valence-corrected chi connectivity index (χ2v) is 15.8. The Bertz CT molecular complexity index is 1090. The van der Waals surface area contributed by atoms with Crippen LogP contribution in [-0.4, -0.2) is 44.7 Å². The Balaban J connectivity index is 1.96.